The first-order valence-electron chi connectivity index (χ1n) is 9.22. The zero-order valence-corrected chi connectivity index (χ0v) is 14.9. The van der Waals surface area contributed by atoms with E-state index in [1.807, 2.05) is 12.1 Å². The maximum absolute atomic E-state index is 13.0. The zero-order chi connectivity index (χ0) is 17.4. The minimum Gasteiger partial charge on any atom is -0.355 e. The highest BCUT2D eigenvalue weighted by Gasteiger charge is 2.37. The van der Waals surface area contributed by atoms with Crippen molar-refractivity contribution in [2.75, 3.05) is 24.5 Å². The molecule has 4 rings (SSSR count). The summed E-state index contributed by atoms with van der Waals surface area (Å²) in [6, 6.07) is 4.32. The van der Waals surface area contributed by atoms with Gasteiger partial charge in [-0.15, -0.1) is 14.8 Å². The molecule has 8 nitrogen and oxygen atoms in total. The van der Waals surface area contributed by atoms with Gasteiger partial charge in [-0.2, -0.15) is 0 Å². The molecule has 3 heterocycles. The van der Waals surface area contributed by atoms with Gasteiger partial charge >= 0.3 is 0 Å². The number of fused-ring (bicyclic) bond motifs is 1. The minimum absolute atomic E-state index is 0.146. The first-order valence-corrected chi connectivity index (χ1v) is 9.22. The average molecular weight is 343 g/mol. The third-order valence-corrected chi connectivity index (χ3v) is 5.06. The highest BCUT2D eigenvalue weighted by atomic mass is 16.2. The molecule has 2 aromatic rings. The van der Waals surface area contributed by atoms with Gasteiger partial charge in [0.2, 0.25) is 5.91 Å². The molecule has 2 fully saturated rings. The van der Waals surface area contributed by atoms with Crippen LogP contribution in [0.3, 0.4) is 0 Å². The standard InChI is InChI=1S/C17H25N7O/c1-12(2)11-23(14-3-4-14)17(25)13-7-9-22(10-8-13)16-6-5-15-18-20-21-24(15)19-16/h5-6,12-14H,3-4,7-11H2,1-2H3. The Hall–Kier alpha value is -2.25. The Morgan fingerprint density at radius 1 is 1.24 bits per heavy atom. The van der Waals surface area contributed by atoms with E-state index in [0.717, 1.165) is 38.3 Å². The van der Waals surface area contributed by atoms with Gasteiger partial charge in [-0.3, -0.25) is 4.79 Å². The lowest BCUT2D eigenvalue weighted by Crippen LogP contribution is -2.45. The Bertz CT molecular complexity index is 746. The van der Waals surface area contributed by atoms with Gasteiger partial charge in [0, 0.05) is 31.6 Å². The fourth-order valence-electron chi connectivity index (χ4n) is 3.60. The number of tetrazole rings is 1. The lowest BCUT2D eigenvalue weighted by Gasteiger charge is -2.35. The Morgan fingerprint density at radius 3 is 2.68 bits per heavy atom. The van der Waals surface area contributed by atoms with E-state index in [1.54, 1.807) is 0 Å². The van der Waals surface area contributed by atoms with Crippen LogP contribution in [0.5, 0.6) is 0 Å². The van der Waals surface area contributed by atoms with Crippen LogP contribution in [-0.2, 0) is 4.79 Å². The Kier molecular flexibility index (Phi) is 4.27. The highest BCUT2D eigenvalue weighted by molar-refractivity contribution is 5.80. The molecule has 25 heavy (non-hydrogen) atoms. The SMILES string of the molecule is CC(C)CN(C(=O)C1CCN(c2ccc3nnnn3n2)CC1)C1CC1. The third kappa shape index (κ3) is 3.43. The molecule has 0 unspecified atom stereocenters. The van der Waals surface area contributed by atoms with E-state index in [0.29, 0.717) is 23.5 Å². The second-order valence-electron chi connectivity index (χ2n) is 7.60. The van der Waals surface area contributed by atoms with Gasteiger partial charge < -0.3 is 9.80 Å². The monoisotopic (exact) mass is 343 g/mol. The third-order valence-electron chi connectivity index (χ3n) is 5.06. The molecular weight excluding hydrogens is 318 g/mol. The second-order valence-corrected chi connectivity index (χ2v) is 7.60. The molecule has 2 aromatic heterocycles. The minimum atomic E-state index is 0.146. The summed E-state index contributed by atoms with van der Waals surface area (Å²) in [7, 11) is 0. The van der Waals surface area contributed by atoms with Crippen molar-refractivity contribution in [2.24, 2.45) is 11.8 Å². The molecule has 0 N–H and O–H groups in total. The molecule has 0 aromatic carbocycles. The lowest BCUT2D eigenvalue weighted by molar-refractivity contribution is -0.137. The summed E-state index contributed by atoms with van der Waals surface area (Å²) in [5.41, 5.74) is 0.641. The second kappa shape index (κ2) is 6.57. The number of nitrogens with zero attached hydrogens (tertiary/aromatic N) is 7. The predicted molar refractivity (Wildman–Crippen MR) is 93.1 cm³/mol. The summed E-state index contributed by atoms with van der Waals surface area (Å²) in [4.78, 5) is 17.3. The van der Waals surface area contributed by atoms with E-state index in [4.69, 9.17) is 0 Å². The maximum Gasteiger partial charge on any atom is 0.226 e. The van der Waals surface area contributed by atoms with Crippen LogP contribution in [0.25, 0.3) is 5.65 Å². The Labute approximate surface area is 147 Å². The summed E-state index contributed by atoms with van der Waals surface area (Å²) >= 11 is 0. The molecule has 0 spiro atoms. The van der Waals surface area contributed by atoms with Gasteiger partial charge in [-0.05, 0) is 54.2 Å². The topological polar surface area (TPSA) is 79.5 Å². The van der Waals surface area contributed by atoms with Crippen molar-refractivity contribution in [1.82, 2.24) is 30.2 Å². The van der Waals surface area contributed by atoms with Gasteiger partial charge in [0.15, 0.2) is 11.5 Å². The number of amides is 1. The van der Waals surface area contributed by atoms with Crippen molar-refractivity contribution in [3.63, 3.8) is 0 Å². The van der Waals surface area contributed by atoms with Crippen LogP contribution in [-0.4, -0.2) is 61.7 Å². The molecule has 1 saturated heterocycles. The van der Waals surface area contributed by atoms with E-state index in [2.05, 4.69) is 44.3 Å². The van der Waals surface area contributed by atoms with Gasteiger partial charge in [0.05, 0.1) is 0 Å². The average Bonchev–Trinajstić information content (AvgIpc) is 3.35. The Morgan fingerprint density at radius 2 is 2.00 bits per heavy atom. The number of anilines is 1. The van der Waals surface area contributed by atoms with Gasteiger partial charge in [0.25, 0.3) is 0 Å². The normalized spacial score (nSPS) is 18.9. The van der Waals surface area contributed by atoms with Crippen LogP contribution in [0, 0.1) is 11.8 Å². The fraction of sp³-hybridized carbons (Fsp3) is 0.706. The van der Waals surface area contributed by atoms with E-state index >= 15 is 0 Å². The molecule has 2 aliphatic rings. The molecule has 0 atom stereocenters. The molecule has 1 aliphatic carbocycles. The zero-order valence-electron chi connectivity index (χ0n) is 14.9. The number of carbonyl (C=O) groups excluding carboxylic acids is 1. The van der Waals surface area contributed by atoms with Gasteiger partial charge in [-0.25, -0.2) is 0 Å². The summed E-state index contributed by atoms with van der Waals surface area (Å²) in [6.45, 7) is 6.95. The molecule has 0 bridgehead atoms. The van der Waals surface area contributed by atoms with Gasteiger partial charge in [-0.1, -0.05) is 13.8 Å². The van der Waals surface area contributed by atoms with Crippen molar-refractivity contribution in [3.8, 4) is 0 Å². The molecule has 134 valence electrons. The molecule has 0 radical (unpaired) electrons. The summed E-state index contributed by atoms with van der Waals surface area (Å²) in [6.07, 6.45) is 4.12. The molecule has 1 saturated carbocycles. The largest absolute Gasteiger partial charge is 0.355 e. The Balaban J connectivity index is 1.39. The number of hydrogen-bond acceptors (Lipinski definition) is 6. The van der Waals surface area contributed by atoms with Crippen LogP contribution < -0.4 is 4.90 Å². The van der Waals surface area contributed by atoms with Crippen molar-refractivity contribution < 1.29 is 4.79 Å². The van der Waals surface area contributed by atoms with Crippen molar-refractivity contribution in [2.45, 2.75) is 45.6 Å². The molecule has 1 amide bonds. The van der Waals surface area contributed by atoms with E-state index < -0.39 is 0 Å². The lowest BCUT2D eigenvalue weighted by atomic mass is 9.94. The number of carbonyl (C=O) groups is 1. The van der Waals surface area contributed by atoms with Crippen molar-refractivity contribution >= 4 is 17.4 Å². The molecular formula is C17H25N7O. The van der Waals surface area contributed by atoms with Crippen molar-refractivity contribution in [1.29, 1.82) is 0 Å². The fourth-order valence-corrected chi connectivity index (χ4v) is 3.60. The summed E-state index contributed by atoms with van der Waals surface area (Å²) in [5.74, 6) is 1.90. The van der Waals surface area contributed by atoms with Crippen LogP contribution in [0.1, 0.15) is 39.5 Å². The molecule has 8 heteroatoms. The van der Waals surface area contributed by atoms with Crippen LogP contribution in [0.4, 0.5) is 5.82 Å². The van der Waals surface area contributed by atoms with E-state index in [1.165, 1.54) is 17.5 Å². The molecule has 1 aliphatic heterocycles. The van der Waals surface area contributed by atoms with Crippen LogP contribution >= 0.6 is 0 Å². The van der Waals surface area contributed by atoms with Crippen LogP contribution in [0.2, 0.25) is 0 Å². The smallest absolute Gasteiger partial charge is 0.226 e. The maximum atomic E-state index is 13.0. The number of hydrogen-bond donors (Lipinski definition) is 0. The number of aromatic nitrogens is 5. The van der Waals surface area contributed by atoms with E-state index in [-0.39, 0.29) is 5.92 Å². The summed E-state index contributed by atoms with van der Waals surface area (Å²) < 4.78 is 1.45. The van der Waals surface area contributed by atoms with E-state index in [9.17, 15) is 4.79 Å². The number of piperidine rings is 1. The predicted octanol–water partition coefficient (Wildman–Crippen LogP) is 1.38. The first kappa shape index (κ1) is 16.2. The van der Waals surface area contributed by atoms with Gasteiger partial charge in [0.1, 0.15) is 0 Å². The van der Waals surface area contributed by atoms with Crippen molar-refractivity contribution in [3.05, 3.63) is 12.1 Å². The quantitative estimate of drug-likeness (QED) is 0.816. The van der Waals surface area contributed by atoms with Crippen LogP contribution in [0.15, 0.2) is 12.1 Å². The number of rotatable bonds is 5. The first-order chi connectivity index (χ1) is 12.1. The highest BCUT2D eigenvalue weighted by Crippen LogP contribution is 2.31. The summed E-state index contributed by atoms with van der Waals surface area (Å²) in [5, 5.41) is 15.8.